The van der Waals surface area contributed by atoms with E-state index in [1.165, 1.54) is 29.0 Å². The number of hydrogen-bond donors (Lipinski definition) is 1. The molecule has 0 unspecified atom stereocenters. The molecule has 202 valence electrons. The molecule has 0 spiro atoms. The number of nitrogens with zero attached hydrogens (tertiary/aromatic N) is 1. The Morgan fingerprint density at radius 1 is 1.14 bits per heavy atom. The minimum atomic E-state index is -2.04. The SMILES string of the molecule is CC(C)c1nc2c(c([C@@H]3CCC=C3O[Si](C)(C)C(C)(C)C)c1[C@H](O)c1ccc(F)cc1)CCC(C)(C)C2. The quantitative estimate of drug-likeness (QED) is 0.385. The lowest BCUT2D eigenvalue weighted by molar-refractivity contribution is 0.214. The fourth-order valence-corrected chi connectivity index (χ4v) is 6.74. The van der Waals surface area contributed by atoms with Gasteiger partial charge in [-0.2, -0.15) is 0 Å². The van der Waals surface area contributed by atoms with Crippen molar-refractivity contribution < 1.29 is 13.9 Å². The van der Waals surface area contributed by atoms with Gasteiger partial charge in [0.2, 0.25) is 8.32 Å². The molecular formula is C32H46FNO2Si. The molecule has 1 N–H and O–H groups in total. The zero-order chi connectivity index (χ0) is 27.3. The van der Waals surface area contributed by atoms with Crippen LogP contribution in [0, 0.1) is 11.2 Å². The van der Waals surface area contributed by atoms with Gasteiger partial charge in [0.25, 0.3) is 0 Å². The fraction of sp³-hybridized carbons (Fsp3) is 0.594. The Hall–Kier alpha value is -1.98. The third-order valence-corrected chi connectivity index (χ3v) is 13.2. The highest BCUT2D eigenvalue weighted by atomic mass is 28.4. The van der Waals surface area contributed by atoms with Gasteiger partial charge >= 0.3 is 0 Å². The van der Waals surface area contributed by atoms with Crippen LogP contribution in [0.15, 0.2) is 36.1 Å². The topological polar surface area (TPSA) is 42.4 Å². The van der Waals surface area contributed by atoms with E-state index in [1.807, 2.05) is 0 Å². The van der Waals surface area contributed by atoms with Crippen LogP contribution < -0.4 is 0 Å². The molecule has 4 rings (SSSR count). The van der Waals surface area contributed by atoms with E-state index < -0.39 is 14.4 Å². The van der Waals surface area contributed by atoms with Crippen molar-refractivity contribution >= 4 is 8.32 Å². The molecule has 1 aromatic heterocycles. The van der Waals surface area contributed by atoms with Crippen LogP contribution in [0.4, 0.5) is 4.39 Å². The van der Waals surface area contributed by atoms with Crippen molar-refractivity contribution in [3.8, 4) is 0 Å². The molecule has 2 aromatic rings. The summed E-state index contributed by atoms with van der Waals surface area (Å²) in [6.07, 6.45) is 6.36. The van der Waals surface area contributed by atoms with Gasteiger partial charge in [-0.15, -0.1) is 0 Å². The summed E-state index contributed by atoms with van der Waals surface area (Å²) in [7, 11) is -2.04. The number of fused-ring (bicyclic) bond motifs is 1. The second-order valence-electron chi connectivity index (χ2n) is 13.8. The Balaban J connectivity index is 1.93. The zero-order valence-electron chi connectivity index (χ0n) is 24.3. The summed E-state index contributed by atoms with van der Waals surface area (Å²) in [5.74, 6) is 1.03. The fourth-order valence-electron chi connectivity index (χ4n) is 5.62. The molecule has 0 amide bonds. The predicted molar refractivity (Wildman–Crippen MR) is 153 cm³/mol. The predicted octanol–water partition coefficient (Wildman–Crippen LogP) is 8.72. The lowest BCUT2D eigenvalue weighted by Gasteiger charge is -2.40. The molecule has 0 aliphatic heterocycles. The summed E-state index contributed by atoms with van der Waals surface area (Å²) < 4.78 is 20.7. The number of aliphatic hydroxyl groups is 1. The third kappa shape index (κ3) is 5.58. The maximum atomic E-state index is 13.8. The number of hydrogen-bond acceptors (Lipinski definition) is 3. The monoisotopic (exact) mass is 523 g/mol. The van der Waals surface area contributed by atoms with E-state index in [0.29, 0.717) is 5.56 Å². The number of rotatable bonds is 6. The van der Waals surface area contributed by atoms with Crippen LogP contribution in [0.3, 0.4) is 0 Å². The first-order valence-electron chi connectivity index (χ1n) is 14.0. The van der Waals surface area contributed by atoms with Gasteiger partial charge in [0.15, 0.2) is 0 Å². The van der Waals surface area contributed by atoms with Crippen molar-refractivity contribution in [2.45, 2.75) is 117 Å². The molecule has 5 heteroatoms. The average molecular weight is 524 g/mol. The van der Waals surface area contributed by atoms with Crippen molar-refractivity contribution in [2.75, 3.05) is 0 Å². The van der Waals surface area contributed by atoms with E-state index in [2.05, 4.69) is 67.6 Å². The first kappa shape index (κ1) is 28.0. The van der Waals surface area contributed by atoms with Gasteiger partial charge in [0.05, 0.1) is 5.76 Å². The summed E-state index contributed by atoms with van der Waals surface area (Å²) in [5.41, 5.74) is 6.49. The van der Waals surface area contributed by atoms with Gasteiger partial charge in [-0.1, -0.05) is 60.6 Å². The maximum Gasteiger partial charge on any atom is 0.250 e. The van der Waals surface area contributed by atoms with Crippen LogP contribution in [0.2, 0.25) is 18.1 Å². The highest BCUT2D eigenvalue weighted by Crippen LogP contribution is 2.49. The molecular weight excluding hydrogens is 477 g/mol. The van der Waals surface area contributed by atoms with Crippen molar-refractivity contribution in [1.82, 2.24) is 4.98 Å². The number of benzene rings is 1. The van der Waals surface area contributed by atoms with Gasteiger partial charge in [0.1, 0.15) is 11.9 Å². The van der Waals surface area contributed by atoms with Crippen molar-refractivity contribution in [3.63, 3.8) is 0 Å². The molecule has 1 aromatic carbocycles. The molecule has 0 saturated heterocycles. The van der Waals surface area contributed by atoms with Crippen LogP contribution in [-0.2, 0) is 17.3 Å². The van der Waals surface area contributed by atoms with Crippen molar-refractivity contribution in [1.29, 1.82) is 0 Å². The molecule has 2 aliphatic carbocycles. The van der Waals surface area contributed by atoms with Gasteiger partial charge in [-0.3, -0.25) is 4.98 Å². The normalized spacial score (nSPS) is 20.5. The first-order valence-corrected chi connectivity index (χ1v) is 16.9. The molecule has 3 nitrogen and oxygen atoms in total. The third-order valence-electron chi connectivity index (χ3n) is 8.87. The van der Waals surface area contributed by atoms with Gasteiger partial charge in [-0.25, -0.2) is 4.39 Å². The van der Waals surface area contributed by atoms with E-state index in [1.54, 1.807) is 12.1 Å². The molecule has 0 bridgehead atoms. The minimum Gasteiger partial charge on any atom is -0.546 e. The summed E-state index contributed by atoms with van der Waals surface area (Å²) in [6, 6.07) is 6.27. The van der Waals surface area contributed by atoms with Gasteiger partial charge < -0.3 is 9.53 Å². The Morgan fingerprint density at radius 3 is 2.38 bits per heavy atom. The van der Waals surface area contributed by atoms with Crippen LogP contribution in [0.25, 0.3) is 0 Å². The molecule has 0 saturated carbocycles. The molecule has 2 atom stereocenters. The Labute approximate surface area is 224 Å². The number of allylic oxidation sites excluding steroid dienone is 2. The molecule has 0 fully saturated rings. The summed E-state index contributed by atoms with van der Waals surface area (Å²) in [5, 5.41) is 12.0. The van der Waals surface area contributed by atoms with E-state index >= 15 is 0 Å². The van der Waals surface area contributed by atoms with Crippen molar-refractivity contribution in [2.24, 2.45) is 5.41 Å². The highest BCUT2D eigenvalue weighted by Gasteiger charge is 2.43. The Kier molecular flexibility index (Phi) is 7.55. The number of pyridine rings is 1. The van der Waals surface area contributed by atoms with Crippen LogP contribution >= 0.6 is 0 Å². The largest absolute Gasteiger partial charge is 0.546 e. The van der Waals surface area contributed by atoms with Gasteiger partial charge in [0, 0.05) is 22.9 Å². The van der Waals surface area contributed by atoms with Crippen molar-refractivity contribution in [3.05, 3.63) is 75.6 Å². The van der Waals surface area contributed by atoms with E-state index in [0.717, 1.165) is 49.1 Å². The zero-order valence-corrected chi connectivity index (χ0v) is 25.3. The number of aliphatic hydroxyl groups excluding tert-OH is 1. The standard InChI is InChI=1S/C32H46FNO2Si/c1-20(2)29-28(30(35)21-13-15-22(33)16-14-21)27(23-17-18-32(6,7)19-25(23)34-29)24-11-10-12-26(24)36-37(8,9)31(3,4)5/h12-16,20,24,30,35H,10-11,17-19H2,1-9H3/t24-,30-/m1/s1. The lowest BCUT2D eigenvalue weighted by Crippen LogP contribution is -2.41. The second-order valence-corrected chi connectivity index (χ2v) is 18.5. The Bertz CT molecular complexity index is 1170. The Morgan fingerprint density at radius 2 is 1.78 bits per heavy atom. The molecule has 1 heterocycles. The van der Waals surface area contributed by atoms with Crippen LogP contribution in [-0.4, -0.2) is 18.4 Å². The number of halogens is 1. The average Bonchev–Trinajstić information content (AvgIpc) is 3.23. The molecule has 2 aliphatic rings. The lowest BCUT2D eigenvalue weighted by atomic mass is 9.71. The molecule has 37 heavy (non-hydrogen) atoms. The highest BCUT2D eigenvalue weighted by molar-refractivity contribution is 6.74. The van der Waals surface area contributed by atoms with E-state index in [4.69, 9.17) is 9.41 Å². The minimum absolute atomic E-state index is 0.0994. The van der Waals surface area contributed by atoms with Crippen LogP contribution in [0.5, 0.6) is 0 Å². The summed E-state index contributed by atoms with van der Waals surface area (Å²) >= 11 is 0. The maximum absolute atomic E-state index is 13.8. The smallest absolute Gasteiger partial charge is 0.250 e. The van der Waals surface area contributed by atoms with Gasteiger partial charge in [-0.05, 0) is 96.5 Å². The number of aromatic nitrogens is 1. The second kappa shape index (κ2) is 9.96. The molecule has 0 radical (unpaired) electrons. The van der Waals surface area contributed by atoms with Crippen LogP contribution in [0.1, 0.15) is 119 Å². The van der Waals surface area contributed by atoms with E-state index in [9.17, 15) is 9.50 Å². The first-order chi connectivity index (χ1) is 17.1. The summed E-state index contributed by atoms with van der Waals surface area (Å²) in [4.78, 5) is 5.26. The van der Waals surface area contributed by atoms with E-state index in [-0.39, 0.29) is 28.1 Å². The summed E-state index contributed by atoms with van der Waals surface area (Å²) in [6.45, 7) is 20.4.